The smallest absolute Gasteiger partial charge is 0.225 e. The Labute approximate surface area is 179 Å². The van der Waals surface area contributed by atoms with Crippen LogP contribution in [0.25, 0.3) is 0 Å². The van der Waals surface area contributed by atoms with Crippen LogP contribution in [0.3, 0.4) is 0 Å². The van der Waals surface area contributed by atoms with E-state index in [0.29, 0.717) is 6.54 Å². The minimum Gasteiger partial charge on any atom is -0.357 e. The first-order chi connectivity index (χ1) is 14.6. The summed E-state index contributed by atoms with van der Waals surface area (Å²) in [6.45, 7) is 9.80. The van der Waals surface area contributed by atoms with Gasteiger partial charge in [0, 0.05) is 63.5 Å². The first-order valence-corrected chi connectivity index (χ1v) is 10.9. The predicted molar refractivity (Wildman–Crippen MR) is 120 cm³/mol. The fourth-order valence-corrected chi connectivity index (χ4v) is 3.72. The molecule has 2 N–H and O–H groups in total. The first kappa shape index (κ1) is 21.9. The Bertz CT molecular complexity index is 829. The summed E-state index contributed by atoms with van der Waals surface area (Å²) in [6, 6.07) is 10.6. The number of hydrogen-bond acceptors (Lipinski definition) is 3. The fraction of sp³-hybridized carbons (Fsp3) is 0.522. The van der Waals surface area contributed by atoms with Crippen LogP contribution in [0.2, 0.25) is 0 Å². The number of rotatable bonds is 8. The van der Waals surface area contributed by atoms with Gasteiger partial charge in [0.25, 0.3) is 0 Å². The minimum absolute atomic E-state index is 0.0466. The van der Waals surface area contributed by atoms with Crippen molar-refractivity contribution >= 4 is 11.9 Å². The maximum atomic E-state index is 12.2. The first-order valence-electron chi connectivity index (χ1n) is 10.9. The summed E-state index contributed by atoms with van der Waals surface area (Å²) in [5.41, 5.74) is 1.26. The molecule has 7 heteroatoms. The van der Waals surface area contributed by atoms with Gasteiger partial charge in [-0.3, -0.25) is 9.79 Å². The molecule has 0 aliphatic carbocycles. The van der Waals surface area contributed by atoms with Crippen LogP contribution in [-0.4, -0.2) is 58.5 Å². The van der Waals surface area contributed by atoms with Crippen LogP contribution in [0, 0.1) is 5.92 Å². The molecule has 1 aliphatic heterocycles. The van der Waals surface area contributed by atoms with Gasteiger partial charge in [-0.25, -0.2) is 4.98 Å². The number of imidazole rings is 1. The number of carbonyl (C=O) groups is 1. The third-order valence-electron chi connectivity index (χ3n) is 5.28. The van der Waals surface area contributed by atoms with Crippen molar-refractivity contribution in [3.63, 3.8) is 0 Å². The quantitative estimate of drug-likeness (QED) is 0.517. The molecule has 2 heterocycles. The van der Waals surface area contributed by atoms with E-state index in [2.05, 4.69) is 51.4 Å². The van der Waals surface area contributed by atoms with E-state index in [4.69, 9.17) is 4.99 Å². The molecule has 0 bridgehead atoms. The zero-order valence-corrected chi connectivity index (χ0v) is 18.3. The Morgan fingerprint density at radius 1 is 1.30 bits per heavy atom. The third kappa shape index (κ3) is 6.08. The Hall–Kier alpha value is -2.83. The average Bonchev–Trinajstić information content (AvgIpc) is 3.38. The van der Waals surface area contributed by atoms with Gasteiger partial charge in [-0.15, -0.1) is 0 Å². The SMILES string of the molecule is CCNC(=NCCc1nccn1Cc1ccccc1)NC1CCN(C(=O)C(C)C)C1. The van der Waals surface area contributed by atoms with Gasteiger partial charge in [-0.05, 0) is 18.9 Å². The number of amides is 1. The molecule has 1 aliphatic rings. The summed E-state index contributed by atoms with van der Waals surface area (Å²) in [5, 5.41) is 6.81. The van der Waals surface area contributed by atoms with E-state index in [9.17, 15) is 4.79 Å². The molecule has 0 radical (unpaired) electrons. The molecule has 1 aromatic carbocycles. The van der Waals surface area contributed by atoms with Gasteiger partial charge in [0.15, 0.2) is 5.96 Å². The van der Waals surface area contributed by atoms with Crippen molar-refractivity contribution in [2.75, 3.05) is 26.2 Å². The van der Waals surface area contributed by atoms with E-state index >= 15 is 0 Å². The average molecular weight is 411 g/mol. The lowest BCUT2D eigenvalue weighted by Crippen LogP contribution is -2.45. The molecule has 1 amide bonds. The van der Waals surface area contributed by atoms with E-state index in [-0.39, 0.29) is 17.9 Å². The van der Waals surface area contributed by atoms with Crippen molar-refractivity contribution in [3.8, 4) is 0 Å². The number of likely N-dealkylation sites (tertiary alicyclic amines) is 1. The van der Waals surface area contributed by atoms with Crippen LogP contribution >= 0.6 is 0 Å². The highest BCUT2D eigenvalue weighted by Crippen LogP contribution is 2.13. The normalized spacial score (nSPS) is 16.9. The highest BCUT2D eigenvalue weighted by atomic mass is 16.2. The molecule has 0 saturated carbocycles. The van der Waals surface area contributed by atoms with E-state index in [1.807, 2.05) is 37.2 Å². The zero-order chi connectivity index (χ0) is 21.3. The lowest BCUT2D eigenvalue weighted by Gasteiger charge is -2.20. The molecule has 2 aromatic rings. The van der Waals surface area contributed by atoms with E-state index in [0.717, 1.165) is 50.8 Å². The molecule has 7 nitrogen and oxygen atoms in total. The Morgan fingerprint density at radius 3 is 2.83 bits per heavy atom. The van der Waals surface area contributed by atoms with Crippen LogP contribution in [0.4, 0.5) is 0 Å². The number of aromatic nitrogens is 2. The molecule has 30 heavy (non-hydrogen) atoms. The van der Waals surface area contributed by atoms with Gasteiger partial charge >= 0.3 is 0 Å². The summed E-state index contributed by atoms with van der Waals surface area (Å²) in [7, 11) is 0. The molecule has 1 aromatic heterocycles. The molecule has 1 fully saturated rings. The number of carbonyl (C=O) groups excluding carboxylic acids is 1. The van der Waals surface area contributed by atoms with Gasteiger partial charge < -0.3 is 20.1 Å². The maximum absolute atomic E-state index is 12.2. The third-order valence-corrected chi connectivity index (χ3v) is 5.28. The van der Waals surface area contributed by atoms with Crippen LogP contribution in [0.15, 0.2) is 47.7 Å². The highest BCUT2D eigenvalue weighted by molar-refractivity contribution is 5.81. The number of hydrogen-bond donors (Lipinski definition) is 2. The second-order valence-corrected chi connectivity index (χ2v) is 8.04. The second-order valence-electron chi connectivity index (χ2n) is 8.04. The van der Waals surface area contributed by atoms with Crippen LogP contribution in [0.1, 0.15) is 38.6 Å². The lowest BCUT2D eigenvalue weighted by molar-refractivity contribution is -0.133. The Balaban J connectivity index is 1.53. The van der Waals surface area contributed by atoms with Gasteiger partial charge in [0.05, 0.1) is 0 Å². The monoisotopic (exact) mass is 410 g/mol. The number of guanidine groups is 1. The molecule has 162 valence electrons. The molecule has 1 saturated heterocycles. The second kappa shape index (κ2) is 10.8. The van der Waals surface area contributed by atoms with Crippen molar-refractivity contribution in [1.29, 1.82) is 0 Å². The van der Waals surface area contributed by atoms with Gasteiger partial charge in [0.1, 0.15) is 5.82 Å². The summed E-state index contributed by atoms with van der Waals surface area (Å²) >= 11 is 0. The number of benzene rings is 1. The summed E-state index contributed by atoms with van der Waals surface area (Å²) in [6.07, 6.45) is 5.60. The topological polar surface area (TPSA) is 74.6 Å². The van der Waals surface area contributed by atoms with E-state index < -0.39 is 0 Å². The predicted octanol–water partition coefficient (Wildman–Crippen LogP) is 2.29. The summed E-state index contributed by atoms with van der Waals surface area (Å²) in [4.78, 5) is 23.4. The van der Waals surface area contributed by atoms with Gasteiger partial charge in [-0.1, -0.05) is 44.2 Å². The summed E-state index contributed by atoms with van der Waals surface area (Å²) in [5.74, 6) is 2.12. The zero-order valence-electron chi connectivity index (χ0n) is 18.3. The minimum atomic E-state index is 0.0466. The van der Waals surface area contributed by atoms with Gasteiger partial charge in [0.2, 0.25) is 5.91 Å². The molecule has 1 atom stereocenters. The molecule has 3 rings (SSSR count). The number of nitrogens with one attached hydrogen (secondary N) is 2. The van der Waals surface area contributed by atoms with Crippen molar-refractivity contribution in [2.45, 2.75) is 46.2 Å². The largest absolute Gasteiger partial charge is 0.357 e. The van der Waals surface area contributed by atoms with Gasteiger partial charge in [-0.2, -0.15) is 0 Å². The van der Waals surface area contributed by atoms with Crippen LogP contribution < -0.4 is 10.6 Å². The molecule has 0 spiro atoms. The lowest BCUT2D eigenvalue weighted by atomic mass is 10.2. The van der Waals surface area contributed by atoms with Crippen molar-refractivity contribution in [1.82, 2.24) is 25.1 Å². The van der Waals surface area contributed by atoms with Crippen LogP contribution in [0.5, 0.6) is 0 Å². The van der Waals surface area contributed by atoms with E-state index in [1.165, 1.54) is 5.56 Å². The number of nitrogens with zero attached hydrogens (tertiary/aromatic N) is 4. The van der Waals surface area contributed by atoms with E-state index in [1.54, 1.807) is 0 Å². The Kier molecular flexibility index (Phi) is 7.88. The summed E-state index contributed by atoms with van der Waals surface area (Å²) < 4.78 is 2.18. The maximum Gasteiger partial charge on any atom is 0.225 e. The fourth-order valence-electron chi connectivity index (χ4n) is 3.72. The molecular weight excluding hydrogens is 376 g/mol. The van der Waals surface area contributed by atoms with Crippen molar-refractivity contribution in [3.05, 3.63) is 54.1 Å². The highest BCUT2D eigenvalue weighted by Gasteiger charge is 2.27. The van der Waals surface area contributed by atoms with Crippen molar-refractivity contribution < 1.29 is 4.79 Å². The molecular formula is C23H34N6O. The standard InChI is InChI=1S/C23H34N6O/c1-4-24-23(27-20-11-14-29(17-20)22(30)18(2)3)26-12-10-21-25-13-15-28(21)16-19-8-6-5-7-9-19/h5-9,13,15,18,20H,4,10-12,14,16-17H2,1-3H3,(H2,24,26,27). The molecule has 1 unspecified atom stereocenters. The Morgan fingerprint density at radius 2 is 2.10 bits per heavy atom. The number of aliphatic imine (C=N–C) groups is 1. The van der Waals surface area contributed by atoms with Crippen molar-refractivity contribution in [2.24, 2.45) is 10.9 Å². The van der Waals surface area contributed by atoms with Crippen LogP contribution in [-0.2, 0) is 17.8 Å².